The van der Waals surface area contributed by atoms with Gasteiger partial charge in [0.15, 0.2) is 0 Å². The van der Waals surface area contributed by atoms with Crippen molar-refractivity contribution in [1.29, 1.82) is 0 Å². The summed E-state index contributed by atoms with van der Waals surface area (Å²) in [5.41, 5.74) is 0. The van der Waals surface area contributed by atoms with Crippen molar-refractivity contribution in [2.24, 2.45) is 11.8 Å². The number of nitrogens with zero attached hydrogens (tertiary/aromatic N) is 3. The molecule has 0 bridgehead atoms. The molecular weight excluding hydrogens is 332 g/mol. The van der Waals surface area contributed by atoms with Gasteiger partial charge in [0.2, 0.25) is 5.91 Å². The van der Waals surface area contributed by atoms with E-state index in [1.807, 2.05) is 9.80 Å². The minimum absolute atomic E-state index is 0.0110. The fraction of sp³-hybridized carbons (Fsp3) is 0.789. The normalized spacial score (nSPS) is 27.6. The number of rotatable bonds is 5. The molecule has 3 saturated heterocycles. The maximum absolute atomic E-state index is 12.7. The number of piperidine rings is 1. The van der Waals surface area contributed by atoms with Crippen LogP contribution in [0.25, 0.3) is 0 Å². The third-order valence-electron chi connectivity index (χ3n) is 5.93. The fourth-order valence-corrected chi connectivity index (χ4v) is 4.26. The second-order valence-corrected chi connectivity index (χ2v) is 7.56. The Morgan fingerprint density at radius 2 is 1.92 bits per heavy atom. The maximum atomic E-state index is 12.7. The number of carbonyl (C=O) groups excluding carboxylic acids is 2. The lowest BCUT2D eigenvalue weighted by atomic mass is 9.82. The Morgan fingerprint density at radius 3 is 2.69 bits per heavy atom. The van der Waals surface area contributed by atoms with Crippen LogP contribution < -0.4 is 5.32 Å². The first-order valence-corrected chi connectivity index (χ1v) is 9.89. The summed E-state index contributed by atoms with van der Waals surface area (Å²) < 4.78 is 5.39. The van der Waals surface area contributed by atoms with Gasteiger partial charge in [-0.15, -0.1) is 6.58 Å². The lowest BCUT2D eigenvalue weighted by Crippen LogP contribution is -2.48. The molecule has 0 aromatic carbocycles. The molecule has 0 radical (unpaired) electrons. The van der Waals surface area contributed by atoms with Crippen LogP contribution in [0.15, 0.2) is 12.7 Å². The molecule has 0 spiro atoms. The third kappa shape index (κ3) is 4.98. The molecule has 3 aliphatic heterocycles. The van der Waals surface area contributed by atoms with Gasteiger partial charge >= 0.3 is 6.03 Å². The fourth-order valence-electron chi connectivity index (χ4n) is 4.26. The topological polar surface area (TPSA) is 65.1 Å². The molecule has 0 unspecified atom stereocenters. The van der Waals surface area contributed by atoms with Gasteiger partial charge in [-0.05, 0) is 24.7 Å². The van der Waals surface area contributed by atoms with Crippen LogP contribution in [0.3, 0.4) is 0 Å². The average Bonchev–Trinajstić information content (AvgIpc) is 2.83. The summed E-state index contributed by atoms with van der Waals surface area (Å²) in [6, 6.07) is -0.0110. The average molecular weight is 364 g/mol. The molecule has 146 valence electrons. The lowest BCUT2D eigenvalue weighted by Gasteiger charge is -2.37. The SMILES string of the molecule is C=CCNC(=O)N1CC[C@H]2CC(=O)N(CCN3CCOCC3)CC[C@H]2C1. The standard InChI is InChI=1S/C19H32N4O3/c1-2-5-20-19(25)23-7-3-16-14-18(24)22(6-4-17(16)15-23)9-8-21-10-12-26-13-11-21/h2,16-17H,1,3-15H2,(H,20,25)/t16-,17-/m0/s1. The predicted octanol–water partition coefficient (Wildman–Crippen LogP) is 0.775. The lowest BCUT2D eigenvalue weighted by molar-refractivity contribution is -0.131. The Morgan fingerprint density at radius 1 is 1.15 bits per heavy atom. The molecule has 7 nitrogen and oxygen atoms in total. The van der Waals surface area contributed by atoms with E-state index >= 15 is 0 Å². The molecule has 0 aliphatic carbocycles. The van der Waals surface area contributed by atoms with Gasteiger partial charge in [-0.25, -0.2) is 4.79 Å². The number of carbonyl (C=O) groups is 2. The van der Waals surface area contributed by atoms with E-state index < -0.39 is 0 Å². The Bertz CT molecular complexity index is 507. The monoisotopic (exact) mass is 364 g/mol. The molecule has 3 aliphatic rings. The van der Waals surface area contributed by atoms with Crippen LogP contribution in [-0.2, 0) is 9.53 Å². The molecule has 0 aromatic rings. The molecule has 2 atom stereocenters. The summed E-state index contributed by atoms with van der Waals surface area (Å²) in [7, 11) is 0. The maximum Gasteiger partial charge on any atom is 0.317 e. The van der Waals surface area contributed by atoms with Gasteiger partial charge in [-0.3, -0.25) is 9.69 Å². The largest absolute Gasteiger partial charge is 0.379 e. The van der Waals surface area contributed by atoms with Crippen LogP contribution in [-0.4, -0.2) is 92.2 Å². The number of nitrogens with one attached hydrogen (secondary N) is 1. The van der Waals surface area contributed by atoms with Crippen LogP contribution in [0, 0.1) is 11.8 Å². The van der Waals surface area contributed by atoms with Crippen LogP contribution in [0.2, 0.25) is 0 Å². The van der Waals surface area contributed by atoms with Crippen molar-refractivity contribution in [1.82, 2.24) is 20.0 Å². The third-order valence-corrected chi connectivity index (χ3v) is 5.93. The Kier molecular flexibility index (Phi) is 6.91. The van der Waals surface area contributed by atoms with Crippen molar-refractivity contribution in [2.75, 3.05) is 65.6 Å². The van der Waals surface area contributed by atoms with Crippen LogP contribution in [0.5, 0.6) is 0 Å². The van der Waals surface area contributed by atoms with E-state index in [1.54, 1.807) is 6.08 Å². The number of morpholine rings is 1. The molecule has 0 saturated carbocycles. The first-order valence-electron chi connectivity index (χ1n) is 9.89. The van der Waals surface area contributed by atoms with Gasteiger partial charge in [-0.2, -0.15) is 0 Å². The van der Waals surface area contributed by atoms with Gasteiger partial charge in [0.1, 0.15) is 0 Å². The van der Waals surface area contributed by atoms with Crippen molar-refractivity contribution >= 4 is 11.9 Å². The van der Waals surface area contributed by atoms with E-state index in [4.69, 9.17) is 4.74 Å². The summed E-state index contributed by atoms with van der Waals surface area (Å²) in [5.74, 6) is 1.13. The molecule has 26 heavy (non-hydrogen) atoms. The highest BCUT2D eigenvalue weighted by Gasteiger charge is 2.36. The smallest absolute Gasteiger partial charge is 0.317 e. The van der Waals surface area contributed by atoms with Gasteiger partial charge < -0.3 is 19.9 Å². The number of urea groups is 1. The van der Waals surface area contributed by atoms with Gasteiger partial charge in [0.05, 0.1) is 13.2 Å². The molecule has 1 N–H and O–H groups in total. The van der Waals surface area contributed by atoms with Crippen molar-refractivity contribution < 1.29 is 14.3 Å². The molecular formula is C19H32N4O3. The second-order valence-electron chi connectivity index (χ2n) is 7.56. The van der Waals surface area contributed by atoms with Gasteiger partial charge in [0.25, 0.3) is 0 Å². The zero-order valence-corrected chi connectivity index (χ0v) is 15.7. The highest BCUT2D eigenvalue weighted by molar-refractivity contribution is 5.77. The van der Waals surface area contributed by atoms with Crippen molar-refractivity contribution in [3.8, 4) is 0 Å². The number of hydrogen-bond acceptors (Lipinski definition) is 4. The Labute approximate surface area is 156 Å². The molecule has 3 fully saturated rings. The summed E-state index contributed by atoms with van der Waals surface area (Å²) in [6.07, 6.45) is 4.25. The second kappa shape index (κ2) is 9.37. The summed E-state index contributed by atoms with van der Waals surface area (Å²) in [6.45, 7) is 11.7. The van der Waals surface area contributed by atoms with E-state index in [0.717, 1.165) is 71.9 Å². The van der Waals surface area contributed by atoms with Crippen molar-refractivity contribution in [3.05, 3.63) is 12.7 Å². The minimum Gasteiger partial charge on any atom is -0.379 e. The number of amides is 3. The summed E-state index contributed by atoms with van der Waals surface area (Å²) in [5, 5.41) is 2.86. The number of ether oxygens (including phenoxy) is 1. The van der Waals surface area contributed by atoms with Crippen LogP contribution >= 0.6 is 0 Å². The van der Waals surface area contributed by atoms with Gasteiger partial charge in [-0.1, -0.05) is 6.08 Å². The van der Waals surface area contributed by atoms with E-state index in [1.165, 1.54) is 0 Å². The zero-order chi connectivity index (χ0) is 18.4. The zero-order valence-electron chi connectivity index (χ0n) is 15.7. The minimum atomic E-state index is -0.0110. The molecule has 7 heteroatoms. The van der Waals surface area contributed by atoms with Crippen molar-refractivity contribution in [3.63, 3.8) is 0 Å². The Hall–Kier alpha value is -1.60. The Balaban J connectivity index is 1.49. The number of fused-ring (bicyclic) bond motifs is 1. The highest BCUT2D eigenvalue weighted by atomic mass is 16.5. The quantitative estimate of drug-likeness (QED) is 0.732. The molecule has 3 amide bonds. The predicted molar refractivity (Wildman–Crippen MR) is 99.8 cm³/mol. The molecule has 3 heterocycles. The van der Waals surface area contributed by atoms with Gasteiger partial charge in [0, 0.05) is 58.8 Å². The van der Waals surface area contributed by atoms with Crippen LogP contribution in [0.1, 0.15) is 19.3 Å². The summed E-state index contributed by atoms with van der Waals surface area (Å²) in [4.78, 5) is 31.2. The number of hydrogen-bond donors (Lipinski definition) is 1. The first-order chi connectivity index (χ1) is 12.7. The highest BCUT2D eigenvalue weighted by Crippen LogP contribution is 2.32. The van der Waals surface area contributed by atoms with E-state index in [9.17, 15) is 9.59 Å². The first kappa shape index (κ1) is 19.2. The molecule has 3 rings (SSSR count). The number of likely N-dealkylation sites (tertiary alicyclic amines) is 2. The van der Waals surface area contributed by atoms with Crippen LogP contribution in [0.4, 0.5) is 4.79 Å². The van der Waals surface area contributed by atoms with E-state index in [-0.39, 0.29) is 11.9 Å². The van der Waals surface area contributed by atoms with Crippen molar-refractivity contribution in [2.45, 2.75) is 19.3 Å². The van der Waals surface area contributed by atoms with E-state index in [2.05, 4.69) is 16.8 Å². The van der Waals surface area contributed by atoms with E-state index in [0.29, 0.717) is 24.8 Å². The molecule has 0 aromatic heterocycles. The summed E-state index contributed by atoms with van der Waals surface area (Å²) >= 11 is 0.